The number of esters is 1. The van der Waals surface area contributed by atoms with Crippen molar-refractivity contribution >= 4 is 11.5 Å². The van der Waals surface area contributed by atoms with E-state index in [1.807, 2.05) is 31.2 Å². The maximum Gasteiger partial charge on any atom is 0.334 e. The van der Waals surface area contributed by atoms with Crippen molar-refractivity contribution in [1.29, 1.82) is 0 Å². The van der Waals surface area contributed by atoms with Gasteiger partial charge in [0.25, 0.3) is 0 Å². The van der Waals surface area contributed by atoms with Gasteiger partial charge in [0.05, 0.1) is 7.11 Å². The summed E-state index contributed by atoms with van der Waals surface area (Å²) in [5, 5.41) is 0. The Hall–Kier alpha value is -1.77. The Balaban J connectivity index is 2.40. The van der Waals surface area contributed by atoms with E-state index in [2.05, 4.69) is 0 Å². The zero-order valence-electron chi connectivity index (χ0n) is 9.61. The van der Waals surface area contributed by atoms with E-state index in [4.69, 9.17) is 9.47 Å². The Morgan fingerprint density at radius 2 is 1.88 bits per heavy atom. The van der Waals surface area contributed by atoms with Crippen LogP contribution in [0.5, 0.6) is 5.75 Å². The van der Waals surface area contributed by atoms with Gasteiger partial charge in [-0.25, -0.2) is 4.79 Å². The lowest BCUT2D eigenvalue weighted by Gasteiger charge is -2.09. The van der Waals surface area contributed by atoms with Crippen molar-refractivity contribution in [3.8, 4) is 5.75 Å². The first-order valence-corrected chi connectivity index (χ1v) is 5.19. The van der Waals surface area contributed by atoms with Crippen molar-refractivity contribution in [1.82, 2.24) is 0 Å². The zero-order valence-corrected chi connectivity index (χ0v) is 9.61. The summed E-state index contributed by atoms with van der Waals surface area (Å²) < 4.78 is 10.2. The Labute approximate surface area is 94.7 Å². The minimum atomic E-state index is -0.224. The fraction of sp³-hybridized carbons (Fsp3) is 0.308. The predicted octanol–water partition coefficient (Wildman–Crippen LogP) is 2.41. The van der Waals surface area contributed by atoms with Crippen LogP contribution >= 0.6 is 0 Å². The first kappa shape index (κ1) is 10.7. The van der Waals surface area contributed by atoms with Gasteiger partial charge in [-0.3, -0.25) is 0 Å². The molecule has 3 nitrogen and oxygen atoms in total. The first-order chi connectivity index (χ1) is 7.63. The third-order valence-corrected chi connectivity index (χ3v) is 2.80. The van der Waals surface area contributed by atoms with Gasteiger partial charge in [-0.15, -0.1) is 0 Å². The van der Waals surface area contributed by atoms with Crippen LogP contribution in [0.4, 0.5) is 0 Å². The molecule has 0 saturated carbocycles. The summed E-state index contributed by atoms with van der Waals surface area (Å²) in [6.07, 6.45) is -0.166. The lowest BCUT2D eigenvalue weighted by atomic mass is 9.98. The molecule has 0 radical (unpaired) electrons. The SMILES string of the molecule is COc1ccc(C2=C(C)C(=O)OC2C)cc1. The minimum absolute atomic E-state index is 0.166. The van der Waals surface area contributed by atoms with Gasteiger partial charge in [-0.2, -0.15) is 0 Å². The second kappa shape index (κ2) is 4.00. The van der Waals surface area contributed by atoms with Crippen molar-refractivity contribution in [2.75, 3.05) is 7.11 Å². The quantitative estimate of drug-likeness (QED) is 0.715. The van der Waals surface area contributed by atoms with Crippen molar-refractivity contribution < 1.29 is 14.3 Å². The summed E-state index contributed by atoms with van der Waals surface area (Å²) in [5.74, 6) is 0.582. The van der Waals surface area contributed by atoms with E-state index in [0.29, 0.717) is 5.57 Å². The molecular formula is C13H14O3. The lowest BCUT2D eigenvalue weighted by Crippen LogP contribution is -2.05. The van der Waals surface area contributed by atoms with Crippen LogP contribution in [0.1, 0.15) is 19.4 Å². The number of carbonyl (C=O) groups excluding carboxylic acids is 1. The Bertz CT molecular complexity index is 443. The number of cyclic esters (lactones) is 1. The molecule has 0 bridgehead atoms. The van der Waals surface area contributed by atoms with E-state index in [9.17, 15) is 4.79 Å². The molecule has 0 aliphatic carbocycles. The molecule has 1 aromatic rings. The molecule has 1 unspecified atom stereocenters. The van der Waals surface area contributed by atoms with E-state index in [0.717, 1.165) is 16.9 Å². The van der Waals surface area contributed by atoms with Gasteiger partial charge in [0, 0.05) is 11.1 Å². The summed E-state index contributed by atoms with van der Waals surface area (Å²) in [7, 11) is 1.63. The van der Waals surface area contributed by atoms with Crippen LogP contribution in [-0.2, 0) is 9.53 Å². The molecular weight excluding hydrogens is 204 g/mol. The van der Waals surface area contributed by atoms with Crippen LogP contribution in [0.2, 0.25) is 0 Å². The van der Waals surface area contributed by atoms with E-state index < -0.39 is 0 Å². The van der Waals surface area contributed by atoms with E-state index in [1.165, 1.54) is 0 Å². The number of benzene rings is 1. The Kier molecular flexibility index (Phi) is 2.69. The van der Waals surface area contributed by atoms with E-state index >= 15 is 0 Å². The van der Waals surface area contributed by atoms with Crippen LogP contribution < -0.4 is 4.74 Å². The smallest absolute Gasteiger partial charge is 0.334 e. The van der Waals surface area contributed by atoms with Gasteiger partial charge >= 0.3 is 5.97 Å². The highest BCUT2D eigenvalue weighted by molar-refractivity contribution is 6.02. The molecule has 2 rings (SSSR count). The molecule has 84 valence electrons. The summed E-state index contributed by atoms with van der Waals surface area (Å²) in [5.41, 5.74) is 2.67. The molecule has 1 heterocycles. The largest absolute Gasteiger partial charge is 0.497 e. The Morgan fingerprint density at radius 1 is 1.25 bits per heavy atom. The highest BCUT2D eigenvalue weighted by atomic mass is 16.5. The van der Waals surface area contributed by atoms with Gasteiger partial charge in [0.1, 0.15) is 11.9 Å². The Morgan fingerprint density at radius 3 is 2.31 bits per heavy atom. The van der Waals surface area contributed by atoms with Gasteiger partial charge in [0.15, 0.2) is 0 Å². The van der Waals surface area contributed by atoms with Gasteiger partial charge < -0.3 is 9.47 Å². The van der Waals surface area contributed by atoms with Crippen LogP contribution in [-0.4, -0.2) is 19.2 Å². The number of rotatable bonds is 2. The molecule has 0 fully saturated rings. The van der Waals surface area contributed by atoms with Crippen LogP contribution in [0.25, 0.3) is 5.57 Å². The van der Waals surface area contributed by atoms with Crippen molar-refractivity contribution in [2.24, 2.45) is 0 Å². The molecule has 0 saturated heterocycles. The molecule has 3 heteroatoms. The standard InChI is InChI=1S/C13H14O3/c1-8-12(9(2)16-13(8)14)10-4-6-11(15-3)7-5-10/h4-7,9H,1-3H3. The monoisotopic (exact) mass is 218 g/mol. The lowest BCUT2D eigenvalue weighted by molar-refractivity contribution is -0.138. The normalized spacial score (nSPS) is 19.9. The highest BCUT2D eigenvalue weighted by Crippen LogP contribution is 2.31. The molecule has 1 atom stereocenters. The average molecular weight is 218 g/mol. The van der Waals surface area contributed by atoms with Crippen molar-refractivity contribution in [3.63, 3.8) is 0 Å². The first-order valence-electron chi connectivity index (χ1n) is 5.19. The van der Waals surface area contributed by atoms with E-state index in [1.54, 1.807) is 14.0 Å². The number of carbonyl (C=O) groups is 1. The summed E-state index contributed by atoms with van der Waals surface area (Å²) in [4.78, 5) is 11.4. The average Bonchev–Trinajstić information content (AvgIpc) is 2.54. The molecule has 0 N–H and O–H groups in total. The molecule has 1 aliphatic heterocycles. The fourth-order valence-corrected chi connectivity index (χ4v) is 1.94. The zero-order chi connectivity index (χ0) is 11.7. The molecule has 1 aromatic carbocycles. The summed E-state index contributed by atoms with van der Waals surface area (Å²) >= 11 is 0. The van der Waals surface area contributed by atoms with E-state index in [-0.39, 0.29) is 12.1 Å². The third-order valence-electron chi connectivity index (χ3n) is 2.80. The molecule has 1 aliphatic rings. The second-order valence-corrected chi connectivity index (χ2v) is 3.81. The topological polar surface area (TPSA) is 35.5 Å². The van der Waals surface area contributed by atoms with Crippen LogP contribution in [0.3, 0.4) is 0 Å². The fourth-order valence-electron chi connectivity index (χ4n) is 1.94. The molecule has 0 amide bonds. The second-order valence-electron chi connectivity index (χ2n) is 3.81. The van der Waals surface area contributed by atoms with Gasteiger partial charge in [-0.1, -0.05) is 12.1 Å². The van der Waals surface area contributed by atoms with Gasteiger partial charge in [0.2, 0.25) is 0 Å². The molecule has 16 heavy (non-hydrogen) atoms. The molecule has 0 spiro atoms. The van der Waals surface area contributed by atoms with Crippen molar-refractivity contribution in [2.45, 2.75) is 20.0 Å². The number of hydrogen-bond acceptors (Lipinski definition) is 3. The maximum absolute atomic E-state index is 11.4. The highest BCUT2D eigenvalue weighted by Gasteiger charge is 2.28. The van der Waals surface area contributed by atoms with Crippen LogP contribution in [0, 0.1) is 0 Å². The summed E-state index contributed by atoms with van der Waals surface area (Å²) in [6.45, 7) is 3.68. The maximum atomic E-state index is 11.4. The van der Waals surface area contributed by atoms with Gasteiger partial charge in [-0.05, 0) is 31.5 Å². The number of methoxy groups -OCH3 is 1. The predicted molar refractivity (Wildman–Crippen MR) is 61.1 cm³/mol. The number of hydrogen-bond donors (Lipinski definition) is 0. The number of ether oxygens (including phenoxy) is 2. The molecule has 0 aromatic heterocycles. The van der Waals surface area contributed by atoms with Crippen molar-refractivity contribution in [3.05, 3.63) is 35.4 Å². The third kappa shape index (κ3) is 1.69. The minimum Gasteiger partial charge on any atom is -0.497 e. The van der Waals surface area contributed by atoms with Crippen LogP contribution in [0.15, 0.2) is 29.8 Å². The summed E-state index contributed by atoms with van der Waals surface area (Å²) in [6, 6.07) is 7.64.